The molecule has 1 fully saturated rings. The van der Waals surface area contributed by atoms with Crippen molar-refractivity contribution in [1.82, 2.24) is 19.4 Å². The van der Waals surface area contributed by atoms with Gasteiger partial charge in [-0.25, -0.2) is 4.98 Å². The largest absolute Gasteiger partial charge is 0.336 e. The topological polar surface area (TPSA) is 65.2 Å². The second-order valence-corrected chi connectivity index (χ2v) is 7.22. The summed E-state index contributed by atoms with van der Waals surface area (Å²) in [6.45, 7) is 4.03. The number of rotatable bonds is 4. The van der Waals surface area contributed by atoms with Crippen molar-refractivity contribution in [3.05, 3.63) is 83.9 Å². The summed E-state index contributed by atoms with van der Waals surface area (Å²) in [6.07, 6.45) is 4.27. The van der Waals surface area contributed by atoms with E-state index in [-0.39, 0.29) is 5.91 Å². The van der Waals surface area contributed by atoms with Gasteiger partial charge in [-0.05, 0) is 36.2 Å². The number of imidazole rings is 1. The fourth-order valence-electron chi connectivity index (χ4n) is 3.68. The molecule has 2 aromatic carbocycles. The van der Waals surface area contributed by atoms with Crippen molar-refractivity contribution in [2.24, 2.45) is 0 Å². The molecule has 3 aromatic rings. The van der Waals surface area contributed by atoms with Crippen LogP contribution in [0.25, 0.3) is 5.69 Å². The first-order valence-corrected chi connectivity index (χ1v) is 9.83. The Balaban J connectivity index is 1.42. The predicted molar refractivity (Wildman–Crippen MR) is 111 cm³/mol. The first kappa shape index (κ1) is 18.9. The zero-order chi connectivity index (χ0) is 20.1. The lowest BCUT2D eigenvalue weighted by Crippen LogP contribution is -2.36. The first-order valence-electron chi connectivity index (χ1n) is 9.83. The lowest BCUT2D eigenvalue weighted by molar-refractivity contribution is 0.0753. The van der Waals surface area contributed by atoms with Gasteiger partial charge in [-0.15, -0.1) is 0 Å². The third-order valence-electron chi connectivity index (χ3n) is 5.26. The number of hydrogen-bond donors (Lipinski definition) is 0. The molecule has 29 heavy (non-hydrogen) atoms. The van der Waals surface area contributed by atoms with Crippen LogP contribution >= 0.6 is 0 Å². The molecule has 0 bridgehead atoms. The van der Waals surface area contributed by atoms with Gasteiger partial charge in [-0.3, -0.25) is 14.3 Å². The summed E-state index contributed by atoms with van der Waals surface area (Å²) in [6, 6.07) is 19.7. The quantitative estimate of drug-likeness (QED) is 0.692. The van der Waals surface area contributed by atoms with Crippen LogP contribution in [0.2, 0.25) is 0 Å². The molecule has 0 radical (unpaired) electrons. The molecule has 0 saturated carbocycles. The molecule has 6 nitrogen and oxygen atoms in total. The number of nitrogens with zero attached hydrogens (tertiary/aromatic N) is 5. The molecule has 0 aliphatic carbocycles. The van der Waals surface area contributed by atoms with E-state index < -0.39 is 0 Å². The molecule has 1 saturated heterocycles. The SMILES string of the molecule is N#Cc1ccc(CN2CCCN(C(=O)c3cncn3-c3ccccc3)CC2)cc1. The molecule has 1 aromatic heterocycles. The molecular formula is C23H23N5O. The number of carbonyl (C=O) groups is 1. The maximum atomic E-state index is 13.2. The Hall–Kier alpha value is -3.43. The van der Waals surface area contributed by atoms with E-state index in [9.17, 15) is 4.79 Å². The van der Waals surface area contributed by atoms with Crippen molar-refractivity contribution >= 4 is 5.91 Å². The molecule has 2 heterocycles. The van der Waals surface area contributed by atoms with Crippen LogP contribution in [0.4, 0.5) is 0 Å². The highest BCUT2D eigenvalue weighted by Crippen LogP contribution is 2.15. The van der Waals surface area contributed by atoms with E-state index in [1.807, 2.05) is 64.1 Å². The van der Waals surface area contributed by atoms with Gasteiger partial charge in [0.05, 0.1) is 24.2 Å². The van der Waals surface area contributed by atoms with Gasteiger partial charge in [0, 0.05) is 38.4 Å². The number of aromatic nitrogens is 2. The Morgan fingerprint density at radius 1 is 1.00 bits per heavy atom. The van der Waals surface area contributed by atoms with E-state index in [2.05, 4.69) is 16.0 Å². The summed E-state index contributed by atoms with van der Waals surface area (Å²) in [5, 5.41) is 8.93. The minimum absolute atomic E-state index is 0.0200. The van der Waals surface area contributed by atoms with Gasteiger partial charge in [0.2, 0.25) is 0 Å². The number of benzene rings is 2. The Morgan fingerprint density at radius 3 is 2.55 bits per heavy atom. The Kier molecular flexibility index (Phi) is 5.68. The van der Waals surface area contributed by atoms with Crippen LogP contribution in [0.5, 0.6) is 0 Å². The average Bonchev–Trinajstić information content (AvgIpc) is 3.15. The molecule has 0 N–H and O–H groups in total. The van der Waals surface area contributed by atoms with Gasteiger partial charge in [0.25, 0.3) is 5.91 Å². The van der Waals surface area contributed by atoms with Crippen LogP contribution < -0.4 is 0 Å². The third-order valence-corrected chi connectivity index (χ3v) is 5.26. The first-order chi connectivity index (χ1) is 14.2. The standard InChI is InChI=1S/C23H23N5O/c24-15-19-7-9-20(10-8-19)17-26-11-4-12-27(14-13-26)23(29)22-16-25-18-28(22)21-5-2-1-3-6-21/h1-3,5-10,16,18H,4,11-14,17H2. The summed E-state index contributed by atoms with van der Waals surface area (Å²) in [5.74, 6) is 0.0200. The Labute approximate surface area is 170 Å². The fourth-order valence-corrected chi connectivity index (χ4v) is 3.68. The Morgan fingerprint density at radius 2 is 1.79 bits per heavy atom. The van der Waals surface area contributed by atoms with E-state index in [4.69, 9.17) is 5.26 Å². The zero-order valence-corrected chi connectivity index (χ0v) is 16.2. The fraction of sp³-hybridized carbons (Fsp3) is 0.261. The van der Waals surface area contributed by atoms with Gasteiger partial charge in [0.1, 0.15) is 5.69 Å². The zero-order valence-electron chi connectivity index (χ0n) is 16.2. The minimum Gasteiger partial charge on any atom is -0.336 e. The van der Waals surface area contributed by atoms with E-state index >= 15 is 0 Å². The van der Waals surface area contributed by atoms with Crippen LogP contribution in [-0.4, -0.2) is 51.4 Å². The molecule has 1 aliphatic rings. The van der Waals surface area contributed by atoms with E-state index in [1.165, 1.54) is 5.56 Å². The van der Waals surface area contributed by atoms with Crippen molar-refractivity contribution in [3.63, 3.8) is 0 Å². The molecule has 1 aliphatic heterocycles. The van der Waals surface area contributed by atoms with Crippen molar-refractivity contribution < 1.29 is 4.79 Å². The molecule has 4 rings (SSSR count). The second-order valence-electron chi connectivity index (χ2n) is 7.22. The van der Waals surface area contributed by atoms with Crippen LogP contribution in [0.15, 0.2) is 67.1 Å². The molecule has 0 spiro atoms. The lowest BCUT2D eigenvalue weighted by atomic mass is 10.1. The van der Waals surface area contributed by atoms with E-state index in [0.717, 1.165) is 38.3 Å². The predicted octanol–water partition coefficient (Wildman–Crippen LogP) is 3.09. The van der Waals surface area contributed by atoms with Crippen LogP contribution in [-0.2, 0) is 6.54 Å². The summed E-state index contributed by atoms with van der Waals surface area (Å²) >= 11 is 0. The van der Waals surface area contributed by atoms with Gasteiger partial charge < -0.3 is 4.90 Å². The summed E-state index contributed by atoms with van der Waals surface area (Å²) in [4.78, 5) is 21.7. The van der Waals surface area contributed by atoms with E-state index in [0.29, 0.717) is 17.8 Å². The molecule has 0 atom stereocenters. The highest BCUT2D eigenvalue weighted by atomic mass is 16.2. The number of nitriles is 1. The molecule has 1 amide bonds. The normalized spacial score (nSPS) is 14.9. The maximum absolute atomic E-state index is 13.2. The van der Waals surface area contributed by atoms with Crippen molar-refractivity contribution in [1.29, 1.82) is 5.26 Å². The summed E-state index contributed by atoms with van der Waals surface area (Å²) in [7, 11) is 0. The van der Waals surface area contributed by atoms with Crippen LogP contribution in [0.1, 0.15) is 28.0 Å². The molecule has 146 valence electrons. The van der Waals surface area contributed by atoms with Gasteiger partial charge in [-0.2, -0.15) is 5.26 Å². The molecule has 0 unspecified atom stereocenters. The highest BCUT2D eigenvalue weighted by molar-refractivity contribution is 5.93. The highest BCUT2D eigenvalue weighted by Gasteiger charge is 2.23. The maximum Gasteiger partial charge on any atom is 0.272 e. The van der Waals surface area contributed by atoms with Gasteiger partial charge in [-0.1, -0.05) is 30.3 Å². The molecular weight excluding hydrogens is 362 g/mol. The minimum atomic E-state index is 0.0200. The van der Waals surface area contributed by atoms with Gasteiger partial charge >= 0.3 is 0 Å². The van der Waals surface area contributed by atoms with Crippen molar-refractivity contribution in [3.8, 4) is 11.8 Å². The summed E-state index contributed by atoms with van der Waals surface area (Å²) in [5.41, 5.74) is 3.39. The number of amides is 1. The summed E-state index contributed by atoms with van der Waals surface area (Å²) < 4.78 is 1.85. The van der Waals surface area contributed by atoms with Crippen molar-refractivity contribution in [2.75, 3.05) is 26.2 Å². The number of carbonyl (C=O) groups excluding carboxylic acids is 1. The van der Waals surface area contributed by atoms with Crippen molar-refractivity contribution in [2.45, 2.75) is 13.0 Å². The van der Waals surface area contributed by atoms with Crippen LogP contribution in [0, 0.1) is 11.3 Å². The lowest BCUT2D eigenvalue weighted by Gasteiger charge is -2.22. The van der Waals surface area contributed by atoms with E-state index in [1.54, 1.807) is 12.5 Å². The van der Waals surface area contributed by atoms with Gasteiger partial charge in [0.15, 0.2) is 0 Å². The molecule has 6 heteroatoms. The average molecular weight is 385 g/mol. The Bertz CT molecular complexity index is 1000. The second kappa shape index (κ2) is 8.72. The smallest absolute Gasteiger partial charge is 0.272 e. The number of hydrogen-bond acceptors (Lipinski definition) is 4. The number of para-hydroxylation sites is 1. The monoisotopic (exact) mass is 385 g/mol. The third kappa shape index (κ3) is 4.36. The van der Waals surface area contributed by atoms with Crippen LogP contribution in [0.3, 0.4) is 0 Å².